The van der Waals surface area contributed by atoms with Crippen LogP contribution in [0.2, 0.25) is 25.7 Å². The Morgan fingerprint density at radius 2 is 1.79 bits per heavy atom. The minimum Gasteiger partial charge on any atom is -0.389 e. The predicted octanol–water partition coefficient (Wildman–Crippen LogP) is 5.05. The maximum absolute atomic E-state index is 13.9. The molecule has 5 atom stereocenters. The largest absolute Gasteiger partial charge is 0.389 e. The lowest BCUT2D eigenvalue weighted by Gasteiger charge is -2.42. The molecule has 1 N–H and O–H groups in total. The second-order valence-corrected chi connectivity index (χ2v) is 18.1. The summed E-state index contributed by atoms with van der Waals surface area (Å²) in [6.07, 6.45) is 0.868. The summed E-state index contributed by atoms with van der Waals surface area (Å²) in [5.74, 6) is 0.519. The van der Waals surface area contributed by atoms with Crippen LogP contribution < -0.4 is 5.30 Å². The fourth-order valence-electron chi connectivity index (χ4n) is 4.81. The Hall–Kier alpha value is -0.373. The van der Waals surface area contributed by atoms with Crippen LogP contribution in [0.5, 0.6) is 0 Å². The summed E-state index contributed by atoms with van der Waals surface area (Å²) in [4.78, 5) is 0. The van der Waals surface area contributed by atoms with Crippen molar-refractivity contribution >= 4 is 20.5 Å². The molecule has 0 amide bonds. The van der Waals surface area contributed by atoms with Crippen molar-refractivity contribution in [1.82, 2.24) is 0 Å². The molecule has 0 saturated heterocycles. The Balaban J connectivity index is 2.50. The number of hydrogen-bond acceptors (Lipinski definition) is 2. The van der Waals surface area contributed by atoms with E-state index in [-0.39, 0.29) is 23.4 Å². The molecule has 1 unspecified atom stereocenters. The normalized spacial score (nSPS) is 33.6. The van der Waals surface area contributed by atoms with Crippen LogP contribution in [-0.2, 0) is 4.57 Å². The molecule has 1 fully saturated rings. The molecule has 24 heavy (non-hydrogen) atoms. The van der Waals surface area contributed by atoms with Crippen molar-refractivity contribution in [1.29, 1.82) is 0 Å². The monoisotopic (exact) mass is 366 g/mol. The highest BCUT2D eigenvalue weighted by Crippen LogP contribution is 2.62. The van der Waals surface area contributed by atoms with E-state index in [1.165, 1.54) is 0 Å². The highest BCUT2D eigenvalue weighted by atomic mass is 31.2. The molecule has 2 nitrogen and oxygen atoms in total. The highest BCUT2D eigenvalue weighted by molar-refractivity contribution is 7.71. The van der Waals surface area contributed by atoms with Crippen LogP contribution in [0.4, 0.5) is 0 Å². The molecule has 4 heteroatoms. The molecule has 0 bridgehead atoms. The summed E-state index contributed by atoms with van der Waals surface area (Å²) >= 11 is 0. The van der Waals surface area contributed by atoms with Crippen LogP contribution in [0.15, 0.2) is 30.3 Å². The minimum atomic E-state index is -2.53. The molecule has 1 aromatic carbocycles. The second-order valence-electron chi connectivity index (χ2n) is 9.44. The van der Waals surface area contributed by atoms with Crippen molar-refractivity contribution in [3.8, 4) is 0 Å². The number of rotatable bonds is 5. The van der Waals surface area contributed by atoms with Crippen molar-refractivity contribution in [2.75, 3.05) is 6.66 Å². The molecule has 1 aromatic rings. The molecule has 1 aliphatic carbocycles. The van der Waals surface area contributed by atoms with Gasteiger partial charge in [0.15, 0.2) is 0 Å². The smallest absolute Gasteiger partial charge is 0.116 e. The molecule has 1 saturated carbocycles. The van der Waals surface area contributed by atoms with Crippen molar-refractivity contribution in [2.45, 2.75) is 64.1 Å². The van der Waals surface area contributed by atoms with Gasteiger partial charge >= 0.3 is 0 Å². The van der Waals surface area contributed by atoms with Crippen LogP contribution in [0, 0.1) is 17.8 Å². The van der Waals surface area contributed by atoms with Crippen LogP contribution in [0.1, 0.15) is 27.2 Å². The first-order chi connectivity index (χ1) is 10.9. The zero-order valence-electron chi connectivity index (χ0n) is 16.4. The van der Waals surface area contributed by atoms with E-state index >= 15 is 0 Å². The lowest BCUT2D eigenvalue weighted by molar-refractivity contribution is -0.0652. The van der Waals surface area contributed by atoms with Gasteiger partial charge in [0, 0.05) is 19.0 Å². The molecule has 0 aromatic heterocycles. The lowest BCUT2D eigenvalue weighted by Crippen LogP contribution is -2.48. The van der Waals surface area contributed by atoms with Crippen molar-refractivity contribution in [3.05, 3.63) is 30.3 Å². The van der Waals surface area contributed by atoms with Gasteiger partial charge in [-0.15, -0.1) is 0 Å². The average molecular weight is 367 g/mol. The van der Waals surface area contributed by atoms with Gasteiger partial charge in [0.1, 0.15) is 7.14 Å². The van der Waals surface area contributed by atoms with Gasteiger partial charge in [0.25, 0.3) is 0 Å². The van der Waals surface area contributed by atoms with E-state index in [2.05, 4.69) is 40.4 Å². The Morgan fingerprint density at radius 3 is 2.25 bits per heavy atom. The molecule has 1 aliphatic rings. The molecular weight excluding hydrogens is 331 g/mol. The van der Waals surface area contributed by atoms with Crippen LogP contribution in [0.25, 0.3) is 0 Å². The van der Waals surface area contributed by atoms with Crippen LogP contribution in [0.3, 0.4) is 0 Å². The third kappa shape index (κ3) is 3.59. The fourth-order valence-corrected chi connectivity index (χ4v) is 9.83. The van der Waals surface area contributed by atoms with E-state index in [4.69, 9.17) is 0 Å². The van der Waals surface area contributed by atoms with Crippen molar-refractivity contribution < 1.29 is 9.67 Å². The van der Waals surface area contributed by atoms with E-state index in [1.54, 1.807) is 0 Å². The number of hydrogen-bond donors (Lipinski definition) is 1. The SMILES string of the molecule is CC(C)[C@@]1(O)[C@H](C[Si](C)(C)C)[C@H](P(C)(=O)c2ccccc2)C[C@@H]1C. The van der Waals surface area contributed by atoms with Crippen molar-refractivity contribution in [2.24, 2.45) is 17.8 Å². The van der Waals surface area contributed by atoms with Gasteiger partial charge in [0.05, 0.1) is 5.60 Å². The molecule has 0 radical (unpaired) electrons. The molecule has 0 aliphatic heterocycles. The quantitative estimate of drug-likeness (QED) is 0.584. The fraction of sp³-hybridized carbons (Fsp3) is 0.700. The zero-order valence-corrected chi connectivity index (χ0v) is 18.3. The van der Waals surface area contributed by atoms with Gasteiger partial charge in [-0.3, -0.25) is 0 Å². The topological polar surface area (TPSA) is 37.3 Å². The maximum atomic E-state index is 13.9. The van der Waals surface area contributed by atoms with Gasteiger partial charge < -0.3 is 9.67 Å². The lowest BCUT2D eigenvalue weighted by atomic mass is 9.77. The number of aliphatic hydroxyl groups is 1. The second kappa shape index (κ2) is 6.74. The summed E-state index contributed by atoms with van der Waals surface area (Å²) in [6, 6.07) is 11.0. The Bertz CT molecular complexity index is 608. The first kappa shape index (κ1) is 19.9. The molecule has 136 valence electrons. The Kier molecular flexibility index (Phi) is 5.60. The Morgan fingerprint density at radius 1 is 1.25 bits per heavy atom. The summed E-state index contributed by atoms with van der Waals surface area (Å²) in [5.41, 5.74) is -0.611. The summed E-state index contributed by atoms with van der Waals surface area (Å²) in [6.45, 7) is 15.4. The van der Waals surface area contributed by atoms with Gasteiger partial charge in [-0.05, 0) is 30.8 Å². The third-order valence-corrected chi connectivity index (χ3v) is 10.9. The van der Waals surface area contributed by atoms with E-state index < -0.39 is 20.8 Å². The molecule has 0 heterocycles. The predicted molar refractivity (Wildman–Crippen MR) is 109 cm³/mol. The van der Waals surface area contributed by atoms with Gasteiger partial charge in [0.2, 0.25) is 0 Å². The first-order valence-corrected chi connectivity index (χ1v) is 15.2. The summed E-state index contributed by atoms with van der Waals surface area (Å²) < 4.78 is 13.9. The van der Waals surface area contributed by atoms with Gasteiger partial charge in [-0.25, -0.2) is 0 Å². The summed E-state index contributed by atoms with van der Waals surface area (Å²) in [7, 11) is -3.92. The summed E-state index contributed by atoms with van der Waals surface area (Å²) in [5, 5.41) is 12.6. The molecule has 2 rings (SSSR count). The van der Waals surface area contributed by atoms with Gasteiger partial charge in [-0.1, -0.05) is 76.8 Å². The van der Waals surface area contributed by atoms with E-state index in [1.807, 2.05) is 37.0 Å². The molecule has 0 spiro atoms. The maximum Gasteiger partial charge on any atom is 0.116 e. The van der Waals surface area contributed by atoms with Gasteiger partial charge in [-0.2, -0.15) is 0 Å². The van der Waals surface area contributed by atoms with Crippen LogP contribution >= 0.6 is 7.14 Å². The number of benzene rings is 1. The highest BCUT2D eigenvalue weighted by Gasteiger charge is 2.58. The first-order valence-electron chi connectivity index (χ1n) is 9.26. The zero-order chi connectivity index (χ0) is 18.3. The van der Waals surface area contributed by atoms with E-state index in [0.29, 0.717) is 0 Å². The van der Waals surface area contributed by atoms with E-state index in [9.17, 15) is 9.67 Å². The standard InChI is InChI=1S/C20H35O2PSi/c1-15(2)20(21)16(3)13-19(18(20)14-24(5,6)7)23(4,22)17-11-9-8-10-12-17/h8-12,15-16,18-19,21H,13-14H2,1-7H3/t16-,18+,19+,20-,23?/m0/s1. The Labute approximate surface area is 149 Å². The van der Waals surface area contributed by atoms with E-state index in [0.717, 1.165) is 17.8 Å². The van der Waals surface area contributed by atoms with Crippen LogP contribution in [-0.4, -0.2) is 31.1 Å². The third-order valence-electron chi connectivity index (χ3n) is 6.10. The van der Waals surface area contributed by atoms with Crippen molar-refractivity contribution in [3.63, 3.8) is 0 Å². The minimum absolute atomic E-state index is 0.0917. The molecular formula is C20H35O2PSi. The average Bonchev–Trinajstić information content (AvgIpc) is 2.73.